The number of sulfonamides is 1. The van der Waals surface area contributed by atoms with E-state index in [1.165, 1.54) is 12.5 Å². The first-order valence-corrected chi connectivity index (χ1v) is 9.19. The lowest BCUT2D eigenvalue weighted by molar-refractivity contribution is 0.1000. The summed E-state index contributed by atoms with van der Waals surface area (Å²) >= 11 is 0. The number of aromatic nitrogens is 1. The summed E-state index contributed by atoms with van der Waals surface area (Å²) in [6.45, 7) is 1.23. The molecule has 1 aromatic rings. The van der Waals surface area contributed by atoms with E-state index in [2.05, 4.69) is 10.3 Å². The third-order valence-corrected chi connectivity index (χ3v) is 5.16. The van der Waals surface area contributed by atoms with Crippen molar-refractivity contribution in [1.29, 1.82) is 0 Å². The van der Waals surface area contributed by atoms with Crippen molar-refractivity contribution in [3.63, 3.8) is 0 Å². The molecule has 1 saturated heterocycles. The molecule has 0 radical (unpaired) electrons. The van der Waals surface area contributed by atoms with Crippen molar-refractivity contribution in [2.75, 3.05) is 24.7 Å². The first kappa shape index (κ1) is 16.7. The number of carbonyl (C=O) groups is 1. The highest BCUT2D eigenvalue weighted by atomic mass is 32.2. The monoisotopic (exact) mass is 326 g/mol. The van der Waals surface area contributed by atoms with Crippen molar-refractivity contribution in [3.8, 4) is 0 Å². The third-order valence-electron chi connectivity index (χ3n) is 3.83. The maximum Gasteiger partial charge on any atom is 0.250 e. The Morgan fingerprint density at radius 3 is 2.82 bits per heavy atom. The summed E-state index contributed by atoms with van der Waals surface area (Å²) in [6.07, 6.45) is 6.29. The summed E-state index contributed by atoms with van der Waals surface area (Å²) in [7, 11) is -3.15. The van der Waals surface area contributed by atoms with Crippen molar-refractivity contribution in [2.45, 2.75) is 31.7 Å². The van der Waals surface area contributed by atoms with Gasteiger partial charge in [0.2, 0.25) is 15.9 Å². The Bertz CT molecular complexity index is 615. The molecule has 1 aliphatic heterocycles. The van der Waals surface area contributed by atoms with E-state index in [0.717, 1.165) is 25.7 Å². The average Bonchev–Trinajstić information content (AvgIpc) is 2.47. The van der Waals surface area contributed by atoms with E-state index in [1.807, 2.05) is 0 Å². The van der Waals surface area contributed by atoms with E-state index in [4.69, 9.17) is 5.73 Å². The molecular weight excluding hydrogens is 304 g/mol. The molecule has 0 aliphatic carbocycles. The molecular formula is C14H22N4O3S. The van der Waals surface area contributed by atoms with Gasteiger partial charge < -0.3 is 11.1 Å². The van der Waals surface area contributed by atoms with Gasteiger partial charge in [0.05, 0.1) is 11.8 Å². The fourth-order valence-corrected chi connectivity index (χ4v) is 3.92. The highest BCUT2D eigenvalue weighted by Crippen LogP contribution is 2.22. The smallest absolute Gasteiger partial charge is 0.250 e. The Morgan fingerprint density at radius 1 is 1.45 bits per heavy atom. The van der Waals surface area contributed by atoms with Gasteiger partial charge in [-0.15, -0.1) is 0 Å². The third kappa shape index (κ3) is 4.41. The van der Waals surface area contributed by atoms with Gasteiger partial charge in [-0.3, -0.25) is 4.79 Å². The molecule has 1 atom stereocenters. The zero-order chi connectivity index (χ0) is 16.2. The van der Waals surface area contributed by atoms with Gasteiger partial charge in [-0.25, -0.2) is 13.4 Å². The molecule has 1 amide bonds. The van der Waals surface area contributed by atoms with E-state index in [-0.39, 0.29) is 6.04 Å². The minimum absolute atomic E-state index is 0.0427. The van der Waals surface area contributed by atoms with Gasteiger partial charge in [0.1, 0.15) is 5.82 Å². The Labute approximate surface area is 131 Å². The highest BCUT2D eigenvalue weighted by molar-refractivity contribution is 7.88. The number of anilines is 1. The van der Waals surface area contributed by atoms with Crippen LogP contribution < -0.4 is 11.1 Å². The van der Waals surface area contributed by atoms with Crippen LogP contribution in [0.3, 0.4) is 0 Å². The van der Waals surface area contributed by atoms with Crippen LogP contribution in [0.5, 0.6) is 0 Å². The van der Waals surface area contributed by atoms with Crippen LogP contribution >= 0.6 is 0 Å². The lowest BCUT2D eigenvalue weighted by Crippen LogP contribution is -2.43. The largest absolute Gasteiger partial charge is 0.370 e. The average molecular weight is 326 g/mol. The number of nitrogens with zero attached hydrogens (tertiary/aromatic N) is 2. The van der Waals surface area contributed by atoms with Crippen LogP contribution in [0.25, 0.3) is 0 Å². The quantitative estimate of drug-likeness (QED) is 0.804. The molecule has 1 unspecified atom stereocenters. The molecule has 0 spiro atoms. The number of piperidine rings is 1. The van der Waals surface area contributed by atoms with Crippen LogP contribution in [0.1, 0.15) is 36.0 Å². The van der Waals surface area contributed by atoms with Crippen LogP contribution in [-0.4, -0.2) is 49.0 Å². The molecule has 1 aliphatic rings. The number of hydrogen-bond donors (Lipinski definition) is 2. The van der Waals surface area contributed by atoms with Gasteiger partial charge >= 0.3 is 0 Å². The zero-order valence-electron chi connectivity index (χ0n) is 12.7. The number of hydrogen-bond acceptors (Lipinski definition) is 5. The second kappa shape index (κ2) is 7.06. The minimum atomic E-state index is -3.15. The number of nitrogens with two attached hydrogens (primary N) is 1. The van der Waals surface area contributed by atoms with Crippen LogP contribution in [0.2, 0.25) is 0 Å². The molecule has 1 fully saturated rings. The van der Waals surface area contributed by atoms with Crippen LogP contribution in [0.4, 0.5) is 5.82 Å². The highest BCUT2D eigenvalue weighted by Gasteiger charge is 2.28. The Hall–Kier alpha value is -1.67. The number of primary amides is 1. The predicted molar refractivity (Wildman–Crippen MR) is 85.1 cm³/mol. The fourth-order valence-electron chi connectivity index (χ4n) is 2.71. The molecule has 3 N–H and O–H groups in total. The second-order valence-electron chi connectivity index (χ2n) is 5.54. The summed E-state index contributed by atoms with van der Waals surface area (Å²) in [5.74, 6) is 0.136. The van der Waals surface area contributed by atoms with Gasteiger partial charge in [0.25, 0.3) is 0 Å². The lowest BCUT2D eigenvalue weighted by atomic mass is 10.0. The number of amides is 1. The van der Waals surface area contributed by atoms with E-state index in [1.54, 1.807) is 16.4 Å². The number of pyridine rings is 1. The number of rotatable bonds is 6. The molecule has 8 heteroatoms. The summed E-state index contributed by atoms with van der Waals surface area (Å²) < 4.78 is 25.2. The Kier molecular flexibility index (Phi) is 5.36. The van der Waals surface area contributed by atoms with Crippen LogP contribution in [0.15, 0.2) is 18.3 Å². The van der Waals surface area contributed by atoms with Crippen LogP contribution in [-0.2, 0) is 10.0 Å². The van der Waals surface area contributed by atoms with Gasteiger partial charge in [0.15, 0.2) is 0 Å². The van der Waals surface area contributed by atoms with Gasteiger partial charge in [0, 0.05) is 25.3 Å². The van der Waals surface area contributed by atoms with E-state index >= 15 is 0 Å². The first-order valence-electron chi connectivity index (χ1n) is 7.34. The molecule has 1 aromatic heterocycles. The van der Waals surface area contributed by atoms with Crippen molar-refractivity contribution >= 4 is 21.7 Å². The van der Waals surface area contributed by atoms with Crippen molar-refractivity contribution in [2.24, 2.45) is 5.73 Å². The molecule has 2 heterocycles. The summed E-state index contributed by atoms with van der Waals surface area (Å²) in [4.78, 5) is 15.1. The zero-order valence-corrected chi connectivity index (χ0v) is 13.5. The summed E-state index contributed by atoms with van der Waals surface area (Å²) in [6, 6.07) is 3.34. The maximum atomic E-state index is 11.8. The van der Waals surface area contributed by atoms with Crippen molar-refractivity contribution in [3.05, 3.63) is 23.9 Å². The predicted octanol–water partition coefficient (Wildman–Crippen LogP) is 0.797. The summed E-state index contributed by atoms with van der Waals surface area (Å²) in [5.41, 5.74) is 5.52. The second-order valence-corrected chi connectivity index (χ2v) is 7.47. The van der Waals surface area contributed by atoms with E-state index in [9.17, 15) is 13.2 Å². The molecule has 2 rings (SSSR count). The molecule has 122 valence electrons. The Morgan fingerprint density at radius 2 is 2.23 bits per heavy atom. The lowest BCUT2D eigenvalue weighted by Gasteiger charge is -2.33. The van der Waals surface area contributed by atoms with Crippen LogP contribution in [0, 0.1) is 0 Å². The fraction of sp³-hybridized carbons (Fsp3) is 0.571. The SMILES string of the molecule is CS(=O)(=O)N1CCCCC1CCNc1ccc(C(N)=O)cn1. The number of carbonyl (C=O) groups excluding carboxylic acids is 1. The molecule has 0 aromatic carbocycles. The van der Waals surface area contributed by atoms with Crippen molar-refractivity contribution in [1.82, 2.24) is 9.29 Å². The van der Waals surface area contributed by atoms with Gasteiger partial charge in [-0.05, 0) is 31.4 Å². The molecule has 22 heavy (non-hydrogen) atoms. The standard InChI is InChI=1S/C14H22N4O3S/c1-22(20,21)18-9-3-2-4-12(18)7-8-16-13-6-5-11(10-17-13)14(15)19/h5-6,10,12H,2-4,7-9H2,1H3,(H2,15,19)(H,16,17). The van der Waals surface area contributed by atoms with Gasteiger partial charge in [-0.1, -0.05) is 6.42 Å². The molecule has 0 saturated carbocycles. The normalized spacial score (nSPS) is 19.8. The number of nitrogens with one attached hydrogen (secondary N) is 1. The van der Waals surface area contributed by atoms with E-state index in [0.29, 0.717) is 24.5 Å². The topological polar surface area (TPSA) is 105 Å². The Balaban J connectivity index is 1.88. The maximum absolute atomic E-state index is 11.8. The van der Waals surface area contributed by atoms with E-state index < -0.39 is 15.9 Å². The first-order chi connectivity index (χ1) is 10.4. The molecule has 7 nitrogen and oxygen atoms in total. The summed E-state index contributed by atoms with van der Waals surface area (Å²) in [5, 5.41) is 3.15. The van der Waals surface area contributed by atoms with Crippen molar-refractivity contribution < 1.29 is 13.2 Å². The van der Waals surface area contributed by atoms with Gasteiger partial charge in [-0.2, -0.15) is 4.31 Å². The minimum Gasteiger partial charge on any atom is -0.370 e. The molecule has 0 bridgehead atoms.